The molecule has 7 heterocycles. The molecule has 6 nitrogen and oxygen atoms in total. The quantitative estimate of drug-likeness (QED) is 0.158. The van der Waals surface area contributed by atoms with Gasteiger partial charge in [0.25, 0.3) is 0 Å². The summed E-state index contributed by atoms with van der Waals surface area (Å²) in [6.45, 7) is 40.8. The molecule has 672 valence electrons. The average molecular weight is 1890 g/mol. The van der Waals surface area contributed by atoms with Crippen molar-refractivity contribution in [2.45, 2.75) is 183 Å². The van der Waals surface area contributed by atoms with Gasteiger partial charge in [0, 0.05) is 58.7 Å². The normalized spacial score (nSPS) is 13.6. The van der Waals surface area contributed by atoms with Crippen LogP contribution in [-0.2, 0) is 0 Å². The molecule has 24 bridgehead atoms. The van der Waals surface area contributed by atoms with Gasteiger partial charge in [0.15, 0.2) is 0 Å². The Bertz CT molecular complexity index is 6740. The zero-order valence-corrected chi connectivity index (χ0v) is 85.7. The Hall–Kier alpha value is -13.1. The van der Waals surface area contributed by atoms with Crippen LogP contribution in [0.4, 0.5) is 102 Å². The van der Waals surface area contributed by atoms with E-state index in [9.17, 15) is 0 Å². The highest BCUT2D eigenvalue weighted by Gasteiger charge is 2.38. The molecule has 0 amide bonds. The summed E-state index contributed by atoms with van der Waals surface area (Å²) < 4.78 is 0. The second-order valence-corrected chi connectivity index (χ2v) is 45.8. The molecular weight excluding hydrogens is 1790 g/mol. The zero-order chi connectivity index (χ0) is 94.3. The van der Waals surface area contributed by atoms with Gasteiger partial charge in [0.1, 0.15) is 0 Å². The Morgan fingerprint density at radius 2 is 0.203 bits per heavy atom. The number of anilines is 18. The number of aryl methyl sites for hydroxylation is 18. The van der Waals surface area contributed by atoms with Gasteiger partial charge in [-0.05, 0) is 404 Å². The van der Waals surface area contributed by atoms with E-state index in [1.807, 2.05) is 70.6 Å². The van der Waals surface area contributed by atoms with Gasteiger partial charge in [0.05, 0.1) is 102 Å². The van der Waals surface area contributed by atoms with E-state index in [0.717, 1.165) is 0 Å². The Labute approximate surface area is 836 Å². The third-order valence-corrected chi connectivity index (χ3v) is 35.4. The minimum Gasteiger partial charge on any atom is -0.308 e. The van der Waals surface area contributed by atoms with E-state index in [0.29, 0.717) is 0 Å². The van der Waals surface area contributed by atoms with Gasteiger partial charge in [-0.15, -0.1) is 0 Å². The van der Waals surface area contributed by atoms with Gasteiger partial charge in [-0.1, -0.05) is 250 Å². The zero-order valence-electron chi connectivity index (χ0n) is 80.8. The summed E-state index contributed by atoms with van der Waals surface area (Å²) in [5.74, 6) is 0. The molecule has 0 spiro atoms. The number of fused-ring (bicyclic) bond motifs is 18. The lowest BCUT2D eigenvalue weighted by Gasteiger charge is -2.36. The third-order valence-electron chi connectivity index (χ3n) is 28.9. The van der Waals surface area contributed by atoms with Gasteiger partial charge in [-0.25, -0.2) is 0 Å². The van der Waals surface area contributed by atoms with Crippen LogP contribution in [0.2, 0.25) is 0 Å². The van der Waals surface area contributed by atoms with Crippen molar-refractivity contribution in [3.05, 3.63) is 391 Å². The van der Waals surface area contributed by atoms with Crippen LogP contribution in [0.3, 0.4) is 0 Å². The Morgan fingerprint density at radius 1 is 0.116 bits per heavy atom. The second-order valence-electron chi connectivity index (χ2n) is 39.3. The van der Waals surface area contributed by atoms with Crippen LogP contribution in [0.5, 0.6) is 0 Å². The summed E-state index contributed by atoms with van der Waals surface area (Å²) >= 11 is 11.3. The van der Waals surface area contributed by atoms with Crippen molar-refractivity contribution in [3.63, 3.8) is 0 Å². The number of hydrogen-bond acceptors (Lipinski definition) is 12. The summed E-state index contributed by atoms with van der Waals surface area (Å²) in [5.41, 5.74) is 58.2. The first-order chi connectivity index (χ1) is 66.7. The highest BCUT2D eigenvalue weighted by atomic mass is 32.2. The lowest BCUT2D eigenvalue weighted by molar-refractivity contribution is 1.12. The monoisotopic (exact) mass is 1890 g/mol. The van der Waals surface area contributed by atoms with Crippen LogP contribution in [0, 0.1) is 125 Å². The second kappa shape index (κ2) is 32.8. The predicted molar refractivity (Wildman–Crippen MR) is 591 cm³/mol. The SMILES string of the molecule is Cc1cc(C)c(N2c3ccc4cc3Sc3cc(ccc32)-c2ccc3c(c2)Sc2cc(ccc2N3c2c(C)cc(C)cc2C)-c2ccc3c(c2)Sc2cc(ccc2N3c2c(C)cc(C)cc2C)-c2ccc3c(c2)Sc2cc(ccc2N3c2c(C)cc(C)cc2C)-c2ccc3c(c2)Sc2cc(ccc2N3c2c(C)cc(C)cc2C)-c2ccc3c(c2)Sc2cc-4ccc2N3c2c(C)cc(C)cc2C)c(C)c1. The van der Waals surface area contributed by atoms with E-state index in [4.69, 9.17) is 0 Å². The third kappa shape index (κ3) is 14.2. The molecule has 7 aliphatic rings. The molecule has 0 fully saturated rings. The van der Waals surface area contributed by atoms with E-state index in [2.05, 4.69) is 445 Å². The molecule has 0 saturated carbocycles. The average Bonchev–Trinajstić information content (AvgIpc) is 0.746. The molecule has 0 unspecified atom stereocenters. The van der Waals surface area contributed by atoms with Gasteiger partial charge in [-0.3, -0.25) is 0 Å². The minimum atomic E-state index is 1.18. The molecule has 0 atom stereocenters. The van der Waals surface area contributed by atoms with Crippen molar-refractivity contribution >= 4 is 173 Å². The molecule has 12 heteroatoms. The van der Waals surface area contributed by atoms with E-state index in [-0.39, 0.29) is 0 Å². The van der Waals surface area contributed by atoms with Crippen molar-refractivity contribution in [1.29, 1.82) is 0 Å². The summed E-state index contributed by atoms with van der Waals surface area (Å²) in [5, 5.41) is 0. The highest BCUT2D eigenvalue weighted by Crippen LogP contribution is 2.64. The maximum atomic E-state index is 2.56. The number of hydrogen-bond donors (Lipinski definition) is 0. The van der Waals surface area contributed by atoms with Crippen molar-refractivity contribution < 1.29 is 0 Å². The fourth-order valence-electron chi connectivity index (χ4n) is 23.6. The highest BCUT2D eigenvalue weighted by molar-refractivity contribution is 8.01. The van der Waals surface area contributed by atoms with Crippen molar-refractivity contribution in [3.8, 4) is 66.8 Å². The molecule has 138 heavy (non-hydrogen) atoms. The molecule has 25 rings (SSSR count). The van der Waals surface area contributed by atoms with Crippen molar-refractivity contribution in [2.75, 3.05) is 29.4 Å². The van der Waals surface area contributed by atoms with Crippen molar-refractivity contribution in [2.24, 2.45) is 0 Å². The molecule has 7 aliphatic heterocycles. The first-order valence-electron chi connectivity index (χ1n) is 47.8. The summed E-state index contributed by atoms with van der Waals surface area (Å²) in [6.07, 6.45) is 0. The molecule has 0 aliphatic carbocycles. The van der Waals surface area contributed by atoms with E-state index in [1.165, 1.54) is 328 Å². The lowest BCUT2D eigenvalue weighted by Crippen LogP contribution is -2.18. The van der Waals surface area contributed by atoms with Gasteiger partial charge in [-0.2, -0.15) is 0 Å². The predicted octanol–water partition coefficient (Wildman–Crippen LogP) is 39.2. The molecule has 18 aromatic carbocycles. The number of nitrogens with zero attached hydrogens (tertiary/aromatic N) is 6. The van der Waals surface area contributed by atoms with Gasteiger partial charge in [0.2, 0.25) is 0 Å². The summed E-state index contributed by atoms with van der Waals surface area (Å²) in [4.78, 5) is 29.9. The lowest BCUT2D eigenvalue weighted by atomic mass is 9.98. The smallest absolute Gasteiger partial charge is 0.0602 e. The van der Waals surface area contributed by atoms with Gasteiger partial charge >= 0.3 is 0 Å². The van der Waals surface area contributed by atoms with Gasteiger partial charge < -0.3 is 29.4 Å². The van der Waals surface area contributed by atoms with E-state index < -0.39 is 0 Å². The fraction of sp³-hybridized carbons (Fsp3) is 0.143. The first kappa shape index (κ1) is 86.4. The molecule has 0 aromatic heterocycles. The van der Waals surface area contributed by atoms with Crippen LogP contribution in [0.15, 0.2) is 350 Å². The topological polar surface area (TPSA) is 19.4 Å². The van der Waals surface area contributed by atoms with Crippen LogP contribution < -0.4 is 29.4 Å². The standard InChI is InChI=1S/C126H102N6S6/c1-67-43-73(7)121(74(8)44-67)127-97-31-19-85-55-109(97)133-110-56-86(20-32-98(110)127)88-22-34-100-112(58-88)135-114-60-90(24-36-102(114)129(100)123-77(11)47-69(3)48-78(123)12)92-26-38-104-116(62-92)137-118-64-94(28-40-106(118)131(104)125-81(15)51-71(5)52-82(125)16)96-30-42-108-120(66-96)138-119-65-95(29-41-107(119)132(108)126-83(17)53-72(6)54-84(126)18)93-27-39-105-117(63-93)136-115-61-91(25-37-103(115)130(105)124-79(13)49-70(4)50-80(124)14)89-23-35-101-113(59-89)134-111-57-87(85)21-33-99(111)128(101)122-75(9)45-68(2)46-76(122)10/h19-66H,1-18H3. The molecular formula is C126H102N6S6. The van der Waals surface area contributed by atoms with E-state index in [1.54, 1.807) is 0 Å². The Kier molecular flexibility index (Phi) is 20.5. The maximum absolute atomic E-state index is 2.56. The minimum absolute atomic E-state index is 1.18. The van der Waals surface area contributed by atoms with E-state index >= 15 is 0 Å². The van der Waals surface area contributed by atoms with Crippen molar-refractivity contribution in [1.82, 2.24) is 0 Å². The fourth-order valence-corrected chi connectivity index (χ4v) is 30.4. The Morgan fingerprint density at radius 3 is 0.290 bits per heavy atom. The molecule has 0 saturated heterocycles. The van der Waals surface area contributed by atoms with Crippen LogP contribution in [0.1, 0.15) is 100 Å². The maximum Gasteiger partial charge on any atom is 0.0602 e. The van der Waals surface area contributed by atoms with Crippen LogP contribution in [-0.4, -0.2) is 0 Å². The first-order valence-corrected chi connectivity index (χ1v) is 52.7. The largest absolute Gasteiger partial charge is 0.308 e. The molecule has 18 aromatic rings. The number of benzene rings is 18. The summed E-state index contributed by atoms with van der Waals surface area (Å²) in [6, 6.07) is 115. The van der Waals surface area contributed by atoms with Crippen LogP contribution in [0.25, 0.3) is 66.8 Å². The molecule has 0 radical (unpaired) electrons. The Balaban J connectivity index is 0.676. The molecule has 0 N–H and O–H groups in total. The number of rotatable bonds is 6. The summed E-state index contributed by atoms with van der Waals surface area (Å²) in [7, 11) is 0. The van der Waals surface area contributed by atoms with Crippen LogP contribution >= 0.6 is 70.6 Å².